The maximum atomic E-state index is 12.1. The number of halogens is 3. The molecule has 20 heavy (non-hydrogen) atoms. The number of carbonyl (C=O) groups is 1. The van der Waals surface area contributed by atoms with Crippen molar-refractivity contribution in [3.8, 4) is 0 Å². The molecule has 0 spiro atoms. The van der Waals surface area contributed by atoms with Crippen LogP contribution in [0.15, 0.2) is 17.5 Å². The molecule has 3 nitrogen and oxygen atoms in total. The van der Waals surface area contributed by atoms with Crippen LogP contribution in [-0.2, 0) is 0 Å². The van der Waals surface area contributed by atoms with E-state index in [4.69, 9.17) is 34.8 Å². The van der Waals surface area contributed by atoms with E-state index < -0.39 is 9.96 Å². The van der Waals surface area contributed by atoms with Gasteiger partial charge in [-0.1, -0.05) is 60.1 Å². The maximum Gasteiger partial charge on any atom is 0.262 e. The topological polar surface area (TPSA) is 41.1 Å². The Morgan fingerprint density at radius 2 is 2.00 bits per heavy atom. The number of nitrogens with one attached hydrogen (secondary N) is 2. The van der Waals surface area contributed by atoms with Gasteiger partial charge >= 0.3 is 0 Å². The minimum atomic E-state index is -1.58. The molecule has 1 fully saturated rings. The molecule has 7 heteroatoms. The molecule has 2 rings (SSSR count). The van der Waals surface area contributed by atoms with Gasteiger partial charge in [0.2, 0.25) is 3.79 Å². The van der Waals surface area contributed by atoms with E-state index in [-0.39, 0.29) is 11.9 Å². The summed E-state index contributed by atoms with van der Waals surface area (Å²) in [5.41, 5.74) is 0. The lowest BCUT2D eigenvalue weighted by molar-refractivity contribution is 0.0928. The molecule has 1 aromatic heterocycles. The van der Waals surface area contributed by atoms with Crippen LogP contribution in [0.25, 0.3) is 0 Å². The second kappa shape index (κ2) is 7.32. The van der Waals surface area contributed by atoms with Crippen molar-refractivity contribution in [1.29, 1.82) is 0 Å². The van der Waals surface area contributed by atoms with Crippen LogP contribution in [0.5, 0.6) is 0 Å². The predicted octanol–water partition coefficient (Wildman–Crippen LogP) is 4.10. The molecule has 1 aromatic rings. The Bertz CT molecular complexity index is 427. The van der Waals surface area contributed by atoms with E-state index in [1.165, 1.54) is 30.6 Å². The van der Waals surface area contributed by atoms with Gasteiger partial charge in [0.1, 0.15) is 6.17 Å². The van der Waals surface area contributed by atoms with E-state index in [0.29, 0.717) is 4.88 Å². The third-order valence-electron chi connectivity index (χ3n) is 3.36. The van der Waals surface area contributed by atoms with Crippen molar-refractivity contribution in [2.75, 3.05) is 0 Å². The van der Waals surface area contributed by atoms with Crippen molar-refractivity contribution >= 4 is 52.0 Å². The van der Waals surface area contributed by atoms with Gasteiger partial charge in [-0.15, -0.1) is 11.3 Å². The molecule has 0 radical (unpaired) electrons. The van der Waals surface area contributed by atoms with Crippen LogP contribution in [0.4, 0.5) is 0 Å². The SMILES string of the molecule is O=C(N[C@@H](NC1CCCCC1)C(Cl)(Cl)Cl)c1cccs1. The summed E-state index contributed by atoms with van der Waals surface area (Å²) in [6.45, 7) is 0. The Kier molecular flexibility index (Phi) is 5.99. The summed E-state index contributed by atoms with van der Waals surface area (Å²) < 4.78 is -1.58. The Morgan fingerprint density at radius 3 is 2.55 bits per heavy atom. The van der Waals surface area contributed by atoms with Crippen LogP contribution in [0.3, 0.4) is 0 Å². The average Bonchev–Trinajstić information content (AvgIpc) is 2.92. The van der Waals surface area contributed by atoms with Crippen LogP contribution in [0.1, 0.15) is 41.8 Å². The van der Waals surface area contributed by atoms with Crippen molar-refractivity contribution in [3.05, 3.63) is 22.4 Å². The van der Waals surface area contributed by atoms with Gasteiger partial charge in [0, 0.05) is 6.04 Å². The fourth-order valence-corrected chi connectivity index (χ4v) is 3.31. The fraction of sp³-hybridized carbons (Fsp3) is 0.615. The molecule has 0 saturated heterocycles. The maximum absolute atomic E-state index is 12.1. The van der Waals surface area contributed by atoms with E-state index in [0.717, 1.165) is 12.8 Å². The van der Waals surface area contributed by atoms with Crippen LogP contribution in [0, 0.1) is 0 Å². The molecule has 0 bridgehead atoms. The lowest BCUT2D eigenvalue weighted by Gasteiger charge is -2.32. The standard InChI is InChI=1S/C13H17Cl3N2OS/c14-13(15,16)12(17-9-5-2-1-3-6-9)18-11(19)10-7-4-8-20-10/h4,7-9,12,17H,1-3,5-6H2,(H,18,19)/t12-/m1/s1. The first-order valence-electron chi connectivity index (χ1n) is 6.64. The van der Waals surface area contributed by atoms with E-state index in [1.807, 2.05) is 11.4 Å². The van der Waals surface area contributed by atoms with E-state index in [9.17, 15) is 4.79 Å². The molecule has 112 valence electrons. The number of carbonyl (C=O) groups excluding carboxylic acids is 1. The van der Waals surface area contributed by atoms with Gasteiger partial charge in [-0.3, -0.25) is 10.1 Å². The summed E-state index contributed by atoms with van der Waals surface area (Å²) in [6, 6.07) is 3.85. The quantitative estimate of drug-likeness (QED) is 0.631. The van der Waals surface area contributed by atoms with Crippen LogP contribution in [0.2, 0.25) is 0 Å². The lowest BCUT2D eigenvalue weighted by Crippen LogP contribution is -2.56. The highest BCUT2D eigenvalue weighted by Gasteiger charge is 2.35. The van der Waals surface area contributed by atoms with Crippen molar-refractivity contribution in [3.63, 3.8) is 0 Å². The molecule has 1 aliphatic carbocycles. The van der Waals surface area contributed by atoms with Crippen LogP contribution < -0.4 is 10.6 Å². The molecule has 1 heterocycles. The van der Waals surface area contributed by atoms with Gasteiger partial charge < -0.3 is 5.32 Å². The summed E-state index contributed by atoms with van der Waals surface area (Å²) >= 11 is 19.3. The fourth-order valence-electron chi connectivity index (χ4n) is 2.33. The molecule has 1 amide bonds. The first kappa shape index (κ1) is 16.4. The summed E-state index contributed by atoms with van der Waals surface area (Å²) in [4.78, 5) is 12.7. The second-order valence-electron chi connectivity index (χ2n) is 4.93. The molecule has 0 aromatic carbocycles. The summed E-state index contributed by atoms with van der Waals surface area (Å²) in [5.74, 6) is -0.223. The molecule has 0 aliphatic heterocycles. The highest BCUT2D eigenvalue weighted by atomic mass is 35.6. The molecular weight excluding hydrogens is 339 g/mol. The molecular formula is C13H17Cl3N2OS. The van der Waals surface area contributed by atoms with Gasteiger partial charge in [0.05, 0.1) is 4.88 Å². The largest absolute Gasteiger partial charge is 0.332 e. The first-order chi connectivity index (χ1) is 9.47. The van der Waals surface area contributed by atoms with Crippen molar-refractivity contribution < 1.29 is 4.79 Å². The molecule has 1 saturated carbocycles. The second-order valence-corrected chi connectivity index (χ2v) is 8.24. The molecule has 1 atom stereocenters. The van der Waals surface area contributed by atoms with Gasteiger partial charge in [0.25, 0.3) is 5.91 Å². The normalized spacial score (nSPS) is 18.8. The van der Waals surface area contributed by atoms with Crippen molar-refractivity contribution in [2.24, 2.45) is 0 Å². The highest BCUT2D eigenvalue weighted by Crippen LogP contribution is 2.31. The Balaban J connectivity index is 1.98. The van der Waals surface area contributed by atoms with Gasteiger partial charge in [-0.2, -0.15) is 0 Å². The molecule has 2 N–H and O–H groups in total. The van der Waals surface area contributed by atoms with Gasteiger partial charge in [-0.05, 0) is 24.3 Å². The summed E-state index contributed by atoms with van der Waals surface area (Å²) in [5, 5.41) is 7.88. The summed E-state index contributed by atoms with van der Waals surface area (Å²) in [6.07, 6.45) is 4.99. The van der Waals surface area contributed by atoms with Crippen LogP contribution in [-0.4, -0.2) is 21.9 Å². The minimum Gasteiger partial charge on any atom is -0.332 e. The molecule has 1 aliphatic rings. The van der Waals surface area contributed by atoms with Gasteiger partial charge in [0.15, 0.2) is 0 Å². The Hall–Kier alpha value is -0.000000000000000139. The third kappa shape index (κ3) is 4.78. The Morgan fingerprint density at radius 1 is 1.30 bits per heavy atom. The van der Waals surface area contributed by atoms with E-state index >= 15 is 0 Å². The van der Waals surface area contributed by atoms with Gasteiger partial charge in [-0.25, -0.2) is 0 Å². The number of hydrogen-bond acceptors (Lipinski definition) is 3. The highest BCUT2D eigenvalue weighted by molar-refractivity contribution is 7.12. The van der Waals surface area contributed by atoms with Crippen LogP contribution >= 0.6 is 46.1 Å². The molecule has 0 unspecified atom stereocenters. The zero-order valence-corrected chi connectivity index (χ0v) is 14.0. The average molecular weight is 356 g/mol. The van der Waals surface area contributed by atoms with E-state index in [1.54, 1.807) is 6.07 Å². The zero-order valence-electron chi connectivity index (χ0n) is 10.9. The zero-order chi connectivity index (χ0) is 14.6. The number of hydrogen-bond donors (Lipinski definition) is 2. The number of amides is 1. The third-order valence-corrected chi connectivity index (χ3v) is 4.88. The predicted molar refractivity (Wildman–Crippen MR) is 85.9 cm³/mol. The monoisotopic (exact) mass is 354 g/mol. The van der Waals surface area contributed by atoms with E-state index in [2.05, 4.69) is 10.6 Å². The number of alkyl halides is 3. The summed E-state index contributed by atoms with van der Waals surface area (Å²) in [7, 11) is 0. The smallest absolute Gasteiger partial charge is 0.262 e. The number of rotatable bonds is 4. The lowest BCUT2D eigenvalue weighted by atomic mass is 9.95. The van der Waals surface area contributed by atoms with Crippen molar-refractivity contribution in [2.45, 2.75) is 48.1 Å². The Labute approximate surface area is 138 Å². The minimum absolute atomic E-state index is 0.223. The first-order valence-corrected chi connectivity index (χ1v) is 8.65. The van der Waals surface area contributed by atoms with Crippen molar-refractivity contribution in [1.82, 2.24) is 10.6 Å². The number of thiophene rings is 1.